The molecule has 1 aliphatic rings. The Morgan fingerprint density at radius 3 is 1.93 bits per heavy atom. The van der Waals surface area contributed by atoms with E-state index in [1.54, 1.807) is 35.4 Å². The van der Waals surface area contributed by atoms with Gasteiger partial charge in [0.15, 0.2) is 5.78 Å². The van der Waals surface area contributed by atoms with Gasteiger partial charge in [-0.05, 0) is 58.6 Å². The van der Waals surface area contributed by atoms with Crippen LogP contribution in [0.15, 0.2) is 66.2 Å². The second kappa shape index (κ2) is 8.34. The summed E-state index contributed by atoms with van der Waals surface area (Å²) >= 11 is 0. The summed E-state index contributed by atoms with van der Waals surface area (Å²) in [6, 6.07) is 18.2. The molecule has 2 aromatic carbocycles. The van der Waals surface area contributed by atoms with E-state index in [2.05, 4.69) is 27.7 Å². The van der Waals surface area contributed by atoms with Gasteiger partial charge in [-0.3, -0.25) is 4.79 Å². The van der Waals surface area contributed by atoms with Gasteiger partial charge in [-0.25, -0.2) is 4.79 Å². The summed E-state index contributed by atoms with van der Waals surface area (Å²) in [7, 11) is 0. The van der Waals surface area contributed by atoms with E-state index in [1.807, 2.05) is 36.4 Å². The lowest BCUT2D eigenvalue weighted by atomic mass is 9.82. The van der Waals surface area contributed by atoms with Crippen molar-refractivity contribution in [2.75, 3.05) is 0 Å². The van der Waals surface area contributed by atoms with Crippen LogP contribution in [0.1, 0.15) is 62.9 Å². The average molecular weight is 392 g/mol. The lowest BCUT2D eigenvalue weighted by Gasteiger charge is -2.50. The van der Waals surface area contributed by atoms with E-state index in [1.165, 1.54) is 0 Å². The smallest absolute Gasteiger partial charge is 0.361 e. The Labute approximate surface area is 173 Å². The molecule has 0 radical (unpaired) electrons. The first-order valence-electron chi connectivity index (χ1n) is 10.1. The summed E-state index contributed by atoms with van der Waals surface area (Å²) in [5.41, 5.74) is 0.667. The van der Waals surface area contributed by atoms with Crippen LogP contribution in [0, 0.1) is 0 Å². The SMILES string of the molecule is CC1(C)CCCC(C)(C)N1OC(=O)/C(=C/c1ccccc1)C(=O)c1ccccc1. The number of hydrogen-bond donors (Lipinski definition) is 0. The van der Waals surface area contributed by atoms with Gasteiger partial charge in [0.1, 0.15) is 5.57 Å². The van der Waals surface area contributed by atoms with E-state index in [9.17, 15) is 9.59 Å². The zero-order valence-corrected chi connectivity index (χ0v) is 17.6. The average Bonchev–Trinajstić information content (AvgIpc) is 2.69. The normalized spacial score (nSPS) is 18.8. The summed E-state index contributed by atoms with van der Waals surface area (Å²) in [6.45, 7) is 8.28. The number of carbonyl (C=O) groups is 2. The molecule has 29 heavy (non-hydrogen) atoms. The Bertz CT molecular complexity index is 882. The molecule has 0 saturated carbocycles. The molecule has 0 amide bonds. The predicted octanol–water partition coefficient (Wildman–Crippen LogP) is 5.45. The van der Waals surface area contributed by atoms with Gasteiger partial charge in [-0.1, -0.05) is 60.7 Å². The van der Waals surface area contributed by atoms with Crippen LogP contribution in [0.5, 0.6) is 0 Å². The van der Waals surface area contributed by atoms with E-state index in [0.29, 0.717) is 5.56 Å². The molecule has 0 spiro atoms. The maximum absolute atomic E-state index is 13.3. The molecule has 3 rings (SSSR count). The highest BCUT2D eigenvalue weighted by Gasteiger charge is 2.45. The fourth-order valence-corrected chi connectivity index (χ4v) is 4.03. The van der Waals surface area contributed by atoms with E-state index in [-0.39, 0.29) is 22.4 Å². The Hall–Kier alpha value is -2.72. The molecule has 0 aliphatic carbocycles. The van der Waals surface area contributed by atoms with E-state index >= 15 is 0 Å². The number of rotatable bonds is 5. The molecule has 0 aromatic heterocycles. The van der Waals surface area contributed by atoms with Crippen LogP contribution in [0.25, 0.3) is 6.08 Å². The van der Waals surface area contributed by atoms with Crippen LogP contribution in [0.2, 0.25) is 0 Å². The molecular weight excluding hydrogens is 362 g/mol. The maximum Gasteiger partial charge on any atom is 0.361 e. The summed E-state index contributed by atoms with van der Waals surface area (Å²) in [4.78, 5) is 32.3. The third-order valence-corrected chi connectivity index (χ3v) is 5.46. The van der Waals surface area contributed by atoms with Crippen molar-refractivity contribution in [1.29, 1.82) is 0 Å². The van der Waals surface area contributed by atoms with Gasteiger partial charge in [0, 0.05) is 5.56 Å². The Kier molecular flexibility index (Phi) is 6.04. The van der Waals surface area contributed by atoms with Crippen LogP contribution < -0.4 is 0 Å². The molecule has 0 unspecified atom stereocenters. The van der Waals surface area contributed by atoms with Crippen molar-refractivity contribution >= 4 is 17.8 Å². The molecule has 152 valence electrons. The van der Waals surface area contributed by atoms with Gasteiger partial charge in [-0.15, -0.1) is 5.06 Å². The molecule has 1 heterocycles. The van der Waals surface area contributed by atoms with Gasteiger partial charge in [0.05, 0.1) is 11.1 Å². The number of carbonyl (C=O) groups excluding carboxylic acids is 2. The van der Waals surface area contributed by atoms with E-state index in [0.717, 1.165) is 24.8 Å². The number of ketones is 1. The van der Waals surface area contributed by atoms with Crippen molar-refractivity contribution in [1.82, 2.24) is 5.06 Å². The molecule has 4 heteroatoms. The fraction of sp³-hybridized carbons (Fsp3) is 0.360. The molecule has 0 N–H and O–H groups in total. The largest absolute Gasteiger partial charge is 0.363 e. The number of Topliss-reactive ketones (excluding diaryl/α,β-unsaturated/α-hetero) is 1. The van der Waals surface area contributed by atoms with Gasteiger partial charge >= 0.3 is 5.97 Å². The van der Waals surface area contributed by atoms with Crippen molar-refractivity contribution in [2.45, 2.75) is 58.0 Å². The number of piperidine rings is 1. The van der Waals surface area contributed by atoms with Crippen molar-refractivity contribution in [2.24, 2.45) is 0 Å². The minimum Gasteiger partial charge on any atom is -0.363 e. The Balaban J connectivity index is 1.96. The van der Waals surface area contributed by atoms with Crippen LogP contribution in [0.3, 0.4) is 0 Å². The van der Waals surface area contributed by atoms with Crippen LogP contribution >= 0.6 is 0 Å². The van der Waals surface area contributed by atoms with Crippen molar-refractivity contribution < 1.29 is 14.4 Å². The molecular formula is C25H29NO3. The first kappa shape index (κ1) is 21.0. The van der Waals surface area contributed by atoms with Crippen LogP contribution in [-0.2, 0) is 9.63 Å². The van der Waals surface area contributed by atoms with Crippen molar-refractivity contribution in [3.63, 3.8) is 0 Å². The number of nitrogens with zero attached hydrogens (tertiary/aromatic N) is 1. The number of benzene rings is 2. The van der Waals surface area contributed by atoms with Gasteiger partial charge in [-0.2, -0.15) is 0 Å². The third kappa shape index (κ3) is 4.83. The highest BCUT2D eigenvalue weighted by atomic mass is 16.7. The molecule has 4 nitrogen and oxygen atoms in total. The minimum atomic E-state index is -0.620. The van der Waals surface area contributed by atoms with Crippen molar-refractivity contribution in [3.05, 3.63) is 77.4 Å². The molecule has 1 fully saturated rings. The van der Waals surface area contributed by atoms with Crippen LogP contribution in [0.4, 0.5) is 0 Å². The fourth-order valence-electron chi connectivity index (χ4n) is 4.03. The minimum absolute atomic E-state index is 0.0274. The molecule has 1 saturated heterocycles. The van der Waals surface area contributed by atoms with Gasteiger partial charge < -0.3 is 4.84 Å². The van der Waals surface area contributed by atoms with E-state index < -0.39 is 5.97 Å². The number of hydrogen-bond acceptors (Lipinski definition) is 4. The summed E-state index contributed by atoms with van der Waals surface area (Å²) in [5, 5.41) is 1.78. The van der Waals surface area contributed by atoms with Crippen LogP contribution in [-0.4, -0.2) is 27.9 Å². The summed E-state index contributed by atoms with van der Waals surface area (Å²) in [6.07, 6.45) is 4.54. The first-order chi connectivity index (χ1) is 13.7. The van der Waals surface area contributed by atoms with Gasteiger partial charge in [0.25, 0.3) is 0 Å². The molecule has 2 aromatic rings. The van der Waals surface area contributed by atoms with Gasteiger partial charge in [0.2, 0.25) is 0 Å². The zero-order valence-electron chi connectivity index (χ0n) is 17.6. The summed E-state index contributed by atoms with van der Waals surface area (Å²) in [5.74, 6) is -0.960. The second-order valence-electron chi connectivity index (χ2n) is 8.82. The molecule has 1 aliphatic heterocycles. The number of hydroxylamine groups is 2. The topological polar surface area (TPSA) is 46.6 Å². The second-order valence-corrected chi connectivity index (χ2v) is 8.82. The quantitative estimate of drug-likeness (QED) is 0.294. The maximum atomic E-state index is 13.3. The molecule has 0 atom stereocenters. The standard InChI is InChI=1S/C25H29NO3/c1-24(2)16-11-17-25(3,4)26(24)29-23(28)21(18-19-12-7-5-8-13-19)22(27)20-14-9-6-10-15-20/h5-10,12-15,18H,11,16-17H2,1-4H3/b21-18+. The Morgan fingerprint density at radius 2 is 1.38 bits per heavy atom. The lowest BCUT2D eigenvalue weighted by Crippen LogP contribution is -2.59. The third-order valence-electron chi connectivity index (χ3n) is 5.46. The highest BCUT2D eigenvalue weighted by Crippen LogP contribution is 2.38. The first-order valence-corrected chi connectivity index (χ1v) is 10.1. The summed E-state index contributed by atoms with van der Waals surface area (Å²) < 4.78 is 0. The monoisotopic (exact) mass is 391 g/mol. The zero-order chi connectivity index (χ0) is 21.1. The highest BCUT2D eigenvalue weighted by molar-refractivity contribution is 6.26. The predicted molar refractivity (Wildman–Crippen MR) is 115 cm³/mol. The molecule has 0 bridgehead atoms. The Morgan fingerprint density at radius 1 is 0.862 bits per heavy atom. The van der Waals surface area contributed by atoms with E-state index in [4.69, 9.17) is 4.84 Å². The van der Waals surface area contributed by atoms with Crippen molar-refractivity contribution in [3.8, 4) is 0 Å². The lowest BCUT2D eigenvalue weighted by molar-refractivity contribution is -0.262.